The van der Waals surface area contributed by atoms with Crippen LogP contribution in [0.25, 0.3) is 0 Å². The van der Waals surface area contributed by atoms with E-state index in [4.69, 9.17) is 9.47 Å². The minimum absolute atomic E-state index is 0.132. The van der Waals surface area contributed by atoms with Crippen molar-refractivity contribution in [1.82, 2.24) is 0 Å². The number of hydrogen-bond donors (Lipinski definition) is 1. The number of phenols is 1. The lowest BCUT2D eigenvalue weighted by atomic mass is 9.85. The number of esters is 1. The molecule has 0 amide bonds. The van der Waals surface area contributed by atoms with Crippen LogP contribution in [-0.4, -0.2) is 24.3 Å². The van der Waals surface area contributed by atoms with Crippen molar-refractivity contribution in [2.75, 3.05) is 13.2 Å². The summed E-state index contributed by atoms with van der Waals surface area (Å²) in [5.41, 5.74) is 2.20. The predicted octanol–water partition coefficient (Wildman–Crippen LogP) is 4.15. The Labute approximate surface area is 154 Å². The first-order valence-corrected chi connectivity index (χ1v) is 9.32. The van der Waals surface area contributed by atoms with Gasteiger partial charge < -0.3 is 14.6 Å². The second-order valence-corrected chi connectivity index (χ2v) is 6.89. The quantitative estimate of drug-likeness (QED) is 0.572. The lowest BCUT2D eigenvalue weighted by molar-refractivity contribution is -0.141. The maximum Gasteiger partial charge on any atom is 0.309 e. The van der Waals surface area contributed by atoms with Gasteiger partial charge in [0.25, 0.3) is 0 Å². The first-order valence-electron chi connectivity index (χ1n) is 9.32. The smallest absolute Gasteiger partial charge is 0.309 e. The lowest BCUT2D eigenvalue weighted by Crippen LogP contribution is -2.20. The molecule has 2 aromatic carbocycles. The number of carbonyl (C=O) groups excluding carboxylic acids is 1. The number of ether oxygens (including phenoxy) is 2. The number of rotatable bonds is 8. The van der Waals surface area contributed by atoms with Gasteiger partial charge in [0.05, 0.1) is 19.1 Å². The molecule has 2 atom stereocenters. The fraction of sp³-hybridized carbons (Fsp3) is 0.409. The summed E-state index contributed by atoms with van der Waals surface area (Å²) in [6, 6.07) is 15.5. The summed E-state index contributed by atoms with van der Waals surface area (Å²) >= 11 is 0. The minimum atomic E-state index is -0.164. The Balaban J connectivity index is 1.69. The number of benzene rings is 2. The molecule has 2 aromatic rings. The Morgan fingerprint density at radius 1 is 1.12 bits per heavy atom. The normalized spacial score (nSPS) is 19.3. The zero-order valence-corrected chi connectivity index (χ0v) is 15.2. The zero-order chi connectivity index (χ0) is 18.4. The number of carbonyl (C=O) groups is 1. The first-order chi connectivity index (χ1) is 12.7. The van der Waals surface area contributed by atoms with Crippen LogP contribution in [0.1, 0.15) is 30.9 Å². The van der Waals surface area contributed by atoms with E-state index in [9.17, 15) is 9.90 Å². The third-order valence-corrected chi connectivity index (χ3v) is 4.89. The molecule has 1 fully saturated rings. The maximum atomic E-state index is 12.2. The van der Waals surface area contributed by atoms with Gasteiger partial charge in [-0.05, 0) is 42.5 Å². The van der Waals surface area contributed by atoms with Crippen LogP contribution in [0.2, 0.25) is 0 Å². The molecule has 1 saturated heterocycles. The summed E-state index contributed by atoms with van der Waals surface area (Å²) in [6.07, 6.45) is 3.41. The van der Waals surface area contributed by atoms with E-state index in [1.165, 1.54) is 5.56 Å². The number of hydrogen-bond acceptors (Lipinski definition) is 4. The van der Waals surface area contributed by atoms with Crippen LogP contribution in [0.15, 0.2) is 48.5 Å². The van der Waals surface area contributed by atoms with Gasteiger partial charge in [-0.25, -0.2) is 0 Å². The minimum Gasteiger partial charge on any atom is -0.504 e. The molecule has 0 spiro atoms. The zero-order valence-electron chi connectivity index (χ0n) is 15.2. The summed E-state index contributed by atoms with van der Waals surface area (Å²) in [4.78, 5) is 12.2. The molecule has 1 aliphatic heterocycles. The van der Waals surface area contributed by atoms with Crippen molar-refractivity contribution >= 4 is 5.97 Å². The number of phenolic OH excluding ortho intramolecular Hbond substituents is 1. The molecule has 1 heterocycles. The van der Waals surface area contributed by atoms with Gasteiger partial charge in [-0.1, -0.05) is 49.7 Å². The van der Waals surface area contributed by atoms with Gasteiger partial charge in [0, 0.05) is 5.92 Å². The molecule has 1 aliphatic rings. The van der Waals surface area contributed by atoms with E-state index in [1.807, 2.05) is 30.3 Å². The molecule has 0 bridgehead atoms. The van der Waals surface area contributed by atoms with Crippen LogP contribution in [0.5, 0.6) is 11.5 Å². The Morgan fingerprint density at radius 3 is 2.69 bits per heavy atom. The molecular weight excluding hydrogens is 328 g/mol. The molecule has 1 N–H and O–H groups in total. The van der Waals surface area contributed by atoms with Gasteiger partial charge in [0.2, 0.25) is 0 Å². The van der Waals surface area contributed by atoms with Crippen molar-refractivity contribution in [3.63, 3.8) is 0 Å². The molecular formula is C22H26O4. The number of cyclic esters (lactones) is 1. The first kappa shape index (κ1) is 18.3. The second kappa shape index (κ2) is 8.75. The SMILES string of the molecule is CCCCOc1cc(C[C@H]2C(=O)OC[C@@H]2Cc2ccccc2)ccc1O. The molecule has 4 nitrogen and oxygen atoms in total. The molecule has 138 valence electrons. The fourth-order valence-corrected chi connectivity index (χ4v) is 3.35. The van der Waals surface area contributed by atoms with E-state index >= 15 is 0 Å². The van der Waals surface area contributed by atoms with Gasteiger partial charge in [0.15, 0.2) is 11.5 Å². The van der Waals surface area contributed by atoms with Crippen LogP contribution < -0.4 is 4.74 Å². The van der Waals surface area contributed by atoms with Gasteiger partial charge >= 0.3 is 5.97 Å². The van der Waals surface area contributed by atoms with Crippen LogP contribution in [-0.2, 0) is 22.4 Å². The highest BCUT2D eigenvalue weighted by atomic mass is 16.5. The van der Waals surface area contributed by atoms with Crippen molar-refractivity contribution in [2.24, 2.45) is 11.8 Å². The third-order valence-electron chi connectivity index (χ3n) is 4.89. The van der Waals surface area contributed by atoms with E-state index in [1.54, 1.807) is 6.07 Å². The molecule has 26 heavy (non-hydrogen) atoms. The van der Waals surface area contributed by atoms with Crippen molar-refractivity contribution in [3.05, 3.63) is 59.7 Å². The molecule has 4 heteroatoms. The second-order valence-electron chi connectivity index (χ2n) is 6.89. The molecule has 0 saturated carbocycles. The Bertz CT molecular complexity index is 726. The molecule has 0 unspecified atom stereocenters. The maximum absolute atomic E-state index is 12.2. The topological polar surface area (TPSA) is 55.8 Å². The van der Waals surface area contributed by atoms with Gasteiger partial charge in [-0.2, -0.15) is 0 Å². The summed E-state index contributed by atoms with van der Waals surface area (Å²) < 4.78 is 11.0. The monoisotopic (exact) mass is 354 g/mol. The third kappa shape index (κ3) is 4.57. The highest BCUT2D eigenvalue weighted by Gasteiger charge is 2.36. The number of unbranched alkanes of at least 4 members (excludes halogenated alkanes) is 1. The highest BCUT2D eigenvalue weighted by molar-refractivity contribution is 5.75. The Hall–Kier alpha value is -2.49. The lowest BCUT2D eigenvalue weighted by Gasteiger charge is -2.16. The van der Waals surface area contributed by atoms with E-state index in [0.29, 0.717) is 25.4 Å². The van der Waals surface area contributed by atoms with E-state index < -0.39 is 0 Å². The van der Waals surface area contributed by atoms with Crippen molar-refractivity contribution in [2.45, 2.75) is 32.6 Å². The summed E-state index contributed by atoms with van der Waals surface area (Å²) in [7, 11) is 0. The highest BCUT2D eigenvalue weighted by Crippen LogP contribution is 2.32. The standard InChI is InChI=1S/C22H26O4/c1-2-3-11-25-21-14-17(9-10-20(21)23)13-19-18(15-26-22(19)24)12-16-7-5-4-6-8-16/h4-10,14,18-19,23H,2-3,11-13,15H2,1H3/t18-,19+/m0/s1. The van der Waals surface area contributed by atoms with Gasteiger partial charge in [0.1, 0.15) is 0 Å². The van der Waals surface area contributed by atoms with Crippen molar-refractivity contribution in [1.29, 1.82) is 0 Å². The largest absolute Gasteiger partial charge is 0.504 e. The van der Waals surface area contributed by atoms with E-state index in [0.717, 1.165) is 24.8 Å². The molecule has 0 radical (unpaired) electrons. The summed E-state index contributed by atoms with van der Waals surface area (Å²) in [6.45, 7) is 3.14. The predicted molar refractivity (Wildman–Crippen MR) is 100 cm³/mol. The molecule has 0 aliphatic carbocycles. The summed E-state index contributed by atoms with van der Waals surface area (Å²) in [5, 5.41) is 9.98. The van der Waals surface area contributed by atoms with E-state index in [-0.39, 0.29) is 23.6 Å². The Kier molecular flexibility index (Phi) is 6.16. The van der Waals surface area contributed by atoms with Gasteiger partial charge in [-0.15, -0.1) is 0 Å². The molecule has 3 rings (SSSR count). The van der Waals surface area contributed by atoms with Crippen LogP contribution in [0.4, 0.5) is 0 Å². The van der Waals surface area contributed by atoms with Crippen molar-refractivity contribution in [3.8, 4) is 11.5 Å². The Morgan fingerprint density at radius 2 is 1.92 bits per heavy atom. The summed E-state index contributed by atoms with van der Waals surface area (Å²) in [5.74, 6) is 0.500. The van der Waals surface area contributed by atoms with Gasteiger partial charge in [-0.3, -0.25) is 4.79 Å². The van der Waals surface area contributed by atoms with Crippen molar-refractivity contribution < 1.29 is 19.4 Å². The average Bonchev–Trinajstić information content (AvgIpc) is 2.98. The van der Waals surface area contributed by atoms with Crippen LogP contribution >= 0.6 is 0 Å². The number of aromatic hydroxyl groups is 1. The van der Waals surface area contributed by atoms with E-state index in [2.05, 4.69) is 19.1 Å². The average molecular weight is 354 g/mol. The van der Waals surface area contributed by atoms with Crippen LogP contribution in [0.3, 0.4) is 0 Å². The fourth-order valence-electron chi connectivity index (χ4n) is 3.35. The van der Waals surface area contributed by atoms with Crippen LogP contribution in [0, 0.1) is 11.8 Å². The molecule has 0 aromatic heterocycles.